The molecule has 3 heteroatoms. The summed E-state index contributed by atoms with van der Waals surface area (Å²) in [5.41, 5.74) is 9.47. The summed E-state index contributed by atoms with van der Waals surface area (Å²) in [7, 11) is 0. The van der Waals surface area contributed by atoms with Crippen LogP contribution in [0.25, 0.3) is 11.1 Å². The van der Waals surface area contributed by atoms with Crippen LogP contribution in [0.15, 0.2) is 47.2 Å². The molecule has 0 radical (unpaired) electrons. The molecule has 1 atom stereocenters. The molecule has 0 saturated carbocycles. The lowest BCUT2D eigenvalue weighted by Crippen LogP contribution is -2.18. The van der Waals surface area contributed by atoms with Crippen LogP contribution in [0.5, 0.6) is 0 Å². The fourth-order valence-corrected chi connectivity index (χ4v) is 2.11. The summed E-state index contributed by atoms with van der Waals surface area (Å²) in [6.07, 6.45) is 4.57. The Morgan fingerprint density at radius 3 is 2.59 bits per heavy atom. The van der Waals surface area contributed by atoms with Crippen molar-refractivity contribution in [1.82, 2.24) is 4.98 Å². The fourth-order valence-electron chi connectivity index (χ4n) is 1.85. The summed E-state index contributed by atoms with van der Waals surface area (Å²) in [5.74, 6) is 0. The third-order valence-electron chi connectivity index (χ3n) is 2.60. The molecule has 1 unspecified atom stereocenters. The molecule has 1 aromatic carbocycles. The van der Waals surface area contributed by atoms with Crippen molar-refractivity contribution in [1.29, 1.82) is 0 Å². The van der Waals surface area contributed by atoms with Gasteiger partial charge in [-0.2, -0.15) is 0 Å². The number of hydrogen-bond acceptors (Lipinski definition) is 2. The lowest BCUT2D eigenvalue weighted by atomic mass is 9.98. The van der Waals surface area contributed by atoms with Crippen LogP contribution < -0.4 is 5.73 Å². The number of nitrogens with two attached hydrogens (primary N) is 1. The summed E-state index contributed by atoms with van der Waals surface area (Å²) in [5, 5.41) is 0. The van der Waals surface area contributed by atoms with Crippen molar-refractivity contribution in [2.75, 3.05) is 0 Å². The van der Waals surface area contributed by atoms with Gasteiger partial charge in [0.05, 0.1) is 0 Å². The first kappa shape index (κ1) is 12.3. The van der Waals surface area contributed by atoms with E-state index in [9.17, 15) is 0 Å². The zero-order valence-corrected chi connectivity index (χ0v) is 11.3. The molecular weight excluding hydrogens is 276 g/mol. The second kappa shape index (κ2) is 5.43. The lowest BCUT2D eigenvalue weighted by Gasteiger charge is -2.11. The molecule has 0 amide bonds. The minimum atomic E-state index is 0.147. The third-order valence-corrected chi connectivity index (χ3v) is 3.13. The first-order valence-electron chi connectivity index (χ1n) is 5.61. The fraction of sp³-hybridized carbons (Fsp3) is 0.214. The highest BCUT2D eigenvalue weighted by Crippen LogP contribution is 2.25. The van der Waals surface area contributed by atoms with E-state index in [2.05, 4.69) is 33.0 Å². The van der Waals surface area contributed by atoms with Gasteiger partial charge >= 0.3 is 0 Å². The maximum atomic E-state index is 5.86. The van der Waals surface area contributed by atoms with Crippen molar-refractivity contribution in [2.45, 2.75) is 19.4 Å². The Kier molecular flexibility index (Phi) is 3.92. The predicted molar refractivity (Wildman–Crippen MR) is 74.7 cm³/mol. The third kappa shape index (κ3) is 3.14. The van der Waals surface area contributed by atoms with Crippen molar-refractivity contribution in [2.24, 2.45) is 5.73 Å². The Labute approximate surface area is 110 Å². The predicted octanol–water partition coefficient (Wildman–Crippen LogP) is 3.40. The lowest BCUT2D eigenvalue weighted by molar-refractivity contribution is 0.737. The Morgan fingerprint density at radius 2 is 1.94 bits per heavy atom. The van der Waals surface area contributed by atoms with Gasteiger partial charge in [0.1, 0.15) is 0 Å². The van der Waals surface area contributed by atoms with Crippen molar-refractivity contribution < 1.29 is 0 Å². The van der Waals surface area contributed by atoms with Gasteiger partial charge in [0.2, 0.25) is 0 Å². The average Bonchev–Trinajstić information content (AvgIpc) is 2.30. The second-order valence-electron chi connectivity index (χ2n) is 4.22. The highest BCUT2D eigenvalue weighted by Gasteiger charge is 2.06. The van der Waals surface area contributed by atoms with Gasteiger partial charge in [-0.3, -0.25) is 4.98 Å². The van der Waals surface area contributed by atoms with Crippen molar-refractivity contribution >= 4 is 15.9 Å². The van der Waals surface area contributed by atoms with Crippen LogP contribution in [-0.4, -0.2) is 11.0 Å². The number of nitrogens with zero attached hydrogens (tertiary/aromatic N) is 1. The van der Waals surface area contributed by atoms with Crippen LogP contribution in [-0.2, 0) is 6.42 Å². The van der Waals surface area contributed by atoms with Crippen molar-refractivity contribution in [3.05, 3.63) is 52.8 Å². The van der Waals surface area contributed by atoms with E-state index in [1.165, 1.54) is 16.7 Å². The van der Waals surface area contributed by atoms with Crippen molar-refractivity contribution in [3.63, 3.8) is 0 Å². The van der Waals surface area contributed by atoms with Crippen LogP contribution in [0.4, 0.5) is 0 Å². The van der Waals surface area contributed by atoms with Crippen LogP contribution in [0.2, 0.25) is 0 Å². The van der Waals surface area contributed by atoms with Gasteiger partial charge in [0, 0.05) is 22.9 Å². The molecule has 0 aliphatic rings. The molecule has 2 nitrogen and oxygen atoms in total. The van der Waals surface area contributed by atoms with Gasteiger partial charge in [0.15, 0.2) is 0 Å². The molecule has 2 aromatic rings. The highest BCUT2D eigenvalue weighted by molar-refractivity contribution is 9.10. The monoisotopic (exact) mass is 290 g/mol. The number of aromatic nitrogens is 1. The maximum absolute atomic E-state index is 5.86. The molecule has 0 spiro atoms. The SMILES string of the molecule is CC(N)Cc1cnccc1-c1ccc(Br)cc1. The maximum Gasteiger partial charge on any atom is 0.0306 e. The van der Waals surface area contributed by atoms with E-state index in [-0.39, 0.29) is 6.04 Å². The molecule has 0 bridgehead atoms. The van der Waals surface area contributed by atoms with Gasteiger partial charge in [-0.1, -0.05) is 28.1 Å². The zero-order valence-electron chi connectivity index (χ0n) is 9.73. The van der Waals surface area contributed by atoms with Crippen LogP contribution in [0.3, 0.4) is 0 Å². The van der Waals surface area contributed by atoms with E-state index in [0.717, 1.165) is 10.9 Å². The number of benzene rings is 1. The van der Waals surface area contributed by atoms with E-state index < -0.39 is 0 Å². The Balaban J connectivity index is 2.40. The molecule has 0 aliphatic carbocycles. The summed E-state index contributed by atoms with van der Waals surface area (Å²) in [4.78, 5) is 4.18. The van der Waals surface area contributed by atoms with Crippen LogP contribution in [0.1, 0.15) is 12.5 Å². The van der Waals surface area contributed by atoms with E-state index >= 15 is 0 Å². The molecule has 1 heterocycles. The largest absolute Gasteiger partial charge is 0.328 e. The second-order valence-corrected chi connectivity index (χ2v) is 5.14. The van der Waals surface area contributed by atoms with Gasteiger partial charge in [-0.25, -0.2) is 0 Å². The summed E-state index contributed by atoms with van der Waals surface area (Å²) in [6.45, 7) is 2.01. The van der Waals surface area contributed by atoms with Gasteiger partial charge in [-0.15, -0.1) is 0 Å². The number of hydrogen-bond donors (Lipinski definition) is 1. The van der Waals surface area contributed by atoms with E-state index in [4.69, 9.17) is 5.73 Å². The van der Waals surface area contributed by atoms with Crippen molar-refractivity contribution in [3.8, 4) is 11.1 Å². The first-order chi connectivity index (χ1) is 8.16. The molecule has 1 aromatic heterocycles. The zero-order chi connectivity index (χ0) is 12.3. The molecule has 2 rings (SSSR count). The molecule has 17 heavy (non-hydrogen) atoms. The van der Waals surface area contributed by atoms with Gasteiger partial charge in [-0.05, 0) is 48.2 Å². The first-order valence-corrected chi connectivity index (χ1v) is 6.40. The molecule has 0 fully saturated rings. The minimum Gasteiger partial charge on any atom is -0.328 e. The quantitative estimate of drug-likeness (QED) is 0.941. The van der Waals surface area contributed by atoms with E-state index in [1.807, 2.05) is 37.5 Å². The van der Waals surface area contributed by atoms with Crippen LogP contribution >= 0.6 is 15.9 Å². The highest BCUT2D eigenvalue weighted by atomic mass is 79.9. The molecule has 88 valence electrons. The standard InChI is InChI=1S/C14H15BrN2/c1-10(16)8-12-9-17-7-6-14(12)11-2-4-13(15)5-3-11/h2-7,9-10H,8,16H2,1H3. The molecule has 2 N–H and O–H groups in total. The summed E-state index contributed by atoms with van der Waals surface area (Å²) >= 11 is 3.44. The summed E-state index contributed by atoms with van der Waals surface area (Å²) < 4.78 is 1.09. The molecular formula is C14H15BrN2. The average molecular weight is 291 g/mol. The Morgan fingerprint density at radius 1 is 1.24 bits per heavy atom. The van der Waals surface area contributed by atoms with E-state index in [0.29, 0.717) is 0 Å². The normalized spacial score (nSPS) is 12.4. The molecule has 0 aliphatic heterocycles. The van der Waals surface area contributed by atoms with Crippen LogP contribution in [0, 0.1) is 0 Å². The smallest absolute Gasteiger partial charge is 0.0306 e. The molecule has 0 saturated heterocycles. The number of rotatable bonds is 3. The minimum absolute atomic E-state index is 0.147. The van der Waals surface area contributed by atoms with E-state index in [1.54, 1.807) is 0 Å². The van der Waals surface area contributed by atoms with Gasteiger partial charge < -0.3 is 5.73 Å². The topological polar surface area (TPSA) is 38.9 Å². The Hall–Kier alpha value is -1.19. The Bertz CT molecular complexity index is 492. The number of pyridine rings is 1. The van der Waals surface area contributed by atoms with Gasteiger partial charge in [0.25, 0.3) is 0 Å². The summed E-state index contributed by atoms with van der Waals surface area (Å²) in [6, 6.07) is 10.5. The number of halogens is 1.